The van der Waals surface area contributed by atoms with Crippen molar-refractivity contribution >= 4 is 0 Å². The van der Waals surface area contributed by atoms with Crippen LogP contribution in [0.15, 0.2) is 24.8 Å². The van der Waals surface area contributed by atoms with E-state index >= 15 is 0 Å². The molecule has 0 saturated heterocycles. The van der Waals surface area contributed by atoms with E-state index in [0.717, 1.165) is 22.4 Å². The van der Waals surface area contributed by atoms with Gasteiger partial charge in [-0.2, -0.15) is 23.4 Å². The van der Waals surface area contributed by atoms with Gasteiger partial charge in [-0.05, 0) is 6.92 Å². The van der Waals surface area contributed by atoms with Crippen molar-refractivity contribution in [2.45, 2.75) is 39.3 Å². The van der Waals surface area contributed by atoms with Gasteiger partial charge in [-0.15, -0.1) is 0 Å². The van der Waals surface area contributed by atoms with Gasteiger partial charge in [-0.3, -0.25) is 9.36 Å². The first kappa shape index (κ1) is 14.6. The molecule has 0 atom stereocenters. The van der Waals surface area contributed by atoms with E-state index in [9.17, 15) is 13.2 Å². The van der Waals surface area contributed by atoms with Gasteiger partial charge in [0.1, 0.15) is 6.54 Å². The van der Waals surface area contributed by atoms with Crippen LogP contribution in [0.25, 0.3) is 0 Å². The molecule has 5 nitrogen and oxygen atoms in total. The molecule has 20 heavy (non-hydrogen) atoms. The summed E-state index contributed by atoms with van der Waals surface area (Å²) >= 11 is 0. The molecular weight excluding hydrogens is 271 g/mol. The van der Waals surface area contributed by atoms with Crippen LogP contribution < -0.4 is 5.32 Å². The second kappa shape index (κ2) is 6.08. The van der Waals surface area contributed by atoms with Gasteiger partial charge < -0.3 is 5.32 Å². The van der Waals surface area contributed by atoms with E-state index in [1.165, 1.54) is 12.4 Å². The Kier molecular flexibility index (Phi) is 4.43. The number of aryl methyl sites for hydroxylation is 1. The second-order valence-electron chi connectivity index (χ2n) is 4.47. The van der Waals surface area contributed by atoms with Gasteiger partial charge in [0.2, 0.25) is 0 Å². The number of aromatic nitrogens is 4. The molecule has 0 aliphatic carbocycles. The van der Waals surface area contributed by atoms with Crippen molar-refractivity contribution in [2.24, 2.45) is 0 Å². The molecule has 8 heteroatoms. The third-order valence-electron chi connectivity index (χ3n) is 2.70. The minimum Gasteiger partial charge on any atom is -0.308 e. The maximum Gasteiger partial charge on any atom is 0.408 e. The molecular formula is C12H16F3N5. The number of hydrogen-bond donors (Lipinski definition) is 1. The number of nitrogens with one attached hydrogen (secondary N) is 1. The SMILES string of the molecule is CCn1cc(CNCc2cnn(CC(F)(F)F)c2)cn1. The lowest BCUT2D eigenvalue weighted by Crippen LogP contribution is -2.18. The van der Waals surface area contributed by atoms with E-state index in [1.54, 1.807) is 6.20 Å². The van der Waals surface area contributed by atoms with Crippen LogP contribution in [0.2, 0.25) is 0 Å². The number of alkyl halides is 3. The number of nitrogens with zero attached hydrogens (tertiary/aromatic N) is 4. The first-order valence-electron chi connectivity index (χ1n) is 6.26. The van der Waals surface area contributed by atoms with E-state index in [4.69, 9.17) is 0 Å². The van der Waals surface area contributed by atoms with Gasteiger partial charge in [0.25, 0.3) is 0 Å². The summed E-state index contributed by atoms with van der Waals surface area (Å²) < 4.78 is 39.2. The highest BCUT2D eigenvalue weighted by Gasteiger charge is 2.28. The molecule has 1 N–H and O–H groups in total. The summed E-state index contributed by atoms with van der Waals surface area (Å²) in [5.74, 6) is 0. The van der Waals surface area contributed by atoms with E-state index < -0.39 is 12.7 Å². The second-order valence-corrected chi connectivity index (χ2v) is 4.47. The predicted octanol–water partition coefficient (Wildman–Crippen LogP) is 1.95. The van der Waals surface area contributed by atoms with Crippen LogP contribution in [0.4, 0.5) is 13.2 Å². The van der Waals surface area contributed by atoms with Gasteiger partial charge in [0.15, 0.2) is 0 Å². The van der Waals surface area contributed by atoms with Crippen LogP contribution in [-0.4, -0.2) is 25.7 Å². The summed E-state index contributed by atoms with van der Waals surface area (Å²) in [5, 5.41) is 11.0. The Morgan fingerprint density at radius 2 is 1.60 bits per heavy atom. The summed E-state index contributed by atoms with van der Waals surface area (Å²) in [6, 6.07) is 0. The fourth-order valence-corrected chi connectivity index (χ4v) is 1.79. The van der Waals surface area contributed by atoms with Crippen molar-refractivity contribution in [3.05, 3.63) is 35.9 Å². The minimum atomic E-state index is -4.24. The van der Waals surface area contributed by atoms with Crippen LogP contribution >= 0.6 is 0 Å². The van der Waals surface area contributed by atoms with Crippen molar-refractivity contribution in [3.63, 3.8) is 0 Å². The van der Waals surface area contributed by atoms with Gasteiger partial charge >= 0.3 is 6.18 Å². The van der Waals surface area contributed by atoms with Gasteiger partial charge in [0, 0.05) is 43.2 Å². The van der Waals surface area contributed by atoms with E-state index in [1.807, 2.05) is 17.8 Å². The molecule has 0 aliphatic rings. The molecule has 0 amide bonds. The standard InChI is InChI=1S/C12H16F3N5/c1-2-19-7-10(5-17-19)3-16-4-11-6-18-20(8-11)9-12(13,14)15/h5-8,16H,2-4,9H2,1H3. The molecule has 0 spiro atoms. The Balaban J connectivity index is 1.79. The van der Waals surface area contributed by atoms with E-state index in [-0.39, 0.29) is 0 Å². The third-order valence-corrected chi connectivity index (χ3v) is 2.70. The quantitative estimate of drug-likeness (QED) is 0.883. The highest BCUT2D eigenvalue weighted by molar-refractivity contribution is 5.06. The van der Waals surface area contributed by atoms with E-state index in [2.05, 4.69) is 15.5 Å². The molecule has 0 radical (unpaired) electrons. The Hall–Kier alpha value is -1.83. The van der Waals surface area contributed by atoms with Crippen molar-refractivity contribution in [2.75, 3.05) is 0 Å². The highest BCUT2D eigenvalue weighted by atomic mass is 19.4. The third kappa shape index (κ3) is 4.37. The zero-order valence-electron chi connectivity index (χ0n) is 11.1. The van der Waals surface area contributed by atoms with Crippen molar-refractivity contribution in [1.29, 1.82) is 0 Å². The first-order valence-corrected chi connectivity index (χ1v) is 6.26. The van der Waals surface area contributed by atoms with E-state index in [0.29, 0.717) is 13.1 Å². The summed E-state index contributed by atoms with van der Waals surface area (Å²) in [6.07, 6.45) is 2.29. The zero-order chi connectivity index (χ0) is 14.6. The zero-order valence-corrected chi connectivity index (χ0v) is 11.1. The lowest BCUT2D eigenvalue weighted by atomic mass is 10.3. The minimum absolute atomic E-state index is 0.467. The maximum absolute atomic E-state index is 12.2. The lowest BCUT2D eigenvalue weighted by molar-refractivity contribution is -0.142. The predicted molar refractivity (Wildman–Crippen MR) is 66.7 cm³/mol. The Bertz CT molecular complexity index is 543. The molecule has 0 fully saturated rings. The smallest absolute Gasteiger partial charge is 0.308 e. The van der Waals surface area contributed by atoms with Crippen LogP contribution in [0.3, 0.4) is 0 Å². The monoisotopic (exact) mass is 287 g/mol. The fourth-order valence-electron chi connectivity index (χ4n) is 1.79. The van der Waals surface area contributed by atoms with Crippen LogP contribution in [-0.2, 0) is 26.2 Å². The average molecular weight is 287 g/mol. The maximum atomic E-state index is 12.2. The van der Waals surface area contributed by atoms with Crippen LogP contribution in [0, 0.1) is 0 Å². The molecule has 2 heterocycles. The molecule has 0 bridgehead atoms. The van der Waals surface area contributed by atoms with Gasteiger partial charge in [-0.25, -0.2) is 0 Å². The number of rotatable bonds is 6. The van der Waals surface area contributed by atoms with Crippen molar-refractivity contribution in [3.8, 4) is 0 Å². The average Bonchev–Trinajstić information content (AvgIpc) is 2.97. The lowest BCUT2D eigenvalue weighted by Gasteiger charge is -2.05. The topological polar surface area (TPSA) is 47.7 Å². The molecule has 0 unspecified atom stereocenters. The summed E-state index contributed by atoms with van der Waals surface area (Å²) in [6.45, 7) is 2.83. The molecule has 0 saturated carbocycles. The van der Waals surface area contributed by atoms with Crippen molar-refractivity contribution < 1.29 is 13.2 Å². The van der Waals surface area contributed by atoms with Crippen molar-refractivity contribution in [1.82, 2.24) is 24.9 Å². The highest BCUT2D eigenvalue weighted by Crippen LogP contribution is 2.17. The molecule has 2 aromatic heterocycles. The number of halogens is 3. The molecule has 2 rings (SSSR count). The largest absolute Gasteiger partial charge is 0.408 e. The molecule has 2 aromatic rings. The molecule has 0 aliphatic heterocycles. The Labute approximate surface area is 114 Å². The van der Waals surface area contributed by atoms with Crippen LogP contribution in [0.1, 0.15) is 18.1 Å². The molecule has 110 valence electrons. The van der Waals surface area contributed by atoms with Crippen LogP contribution in [0.5, 0.6) is 0 Å². The van der Waals surface area contributed by atoms with Gasteiger partial charge in [-0.1, -0.05) is 0 Å². The van der Waals surface area contributed by atoms with Gasteiger partial charge in [0.05, 0.1) is 12.4 Å². The summed E-state index contributed by atoms with van der Waals surface area (Å²) in [4.78, 5) is 0. The summed E-state index contributed by atoms with van der Waals surface area (Å²) in [7, 11) is 0. The Morgan fingerprint density at radius 1 is 1.05 bits per heavy atom. The number of hydrogen-bond acceptors (Lipinski definition) is 3. The normalized spacial score (nSPS) is 12.0. The summed E-state index contributed by atoms with van der Waals surface area (Å²) in [5.41, 5.74) is 1.76. The fraction of sp³-hybridized carbons (Fsp3) is 0.500. The molecule has 0 aromatic carbocycles. The Morgan fingerprint density at radius 3 is 2.10 bits per heavy atom. The first-order chi connectivity index (χ1) is 9.46.